The molecule has 0 atom stereocenters. The molecule has 0 saturated carbocycles. The second kappa shape index (κ2) is 7.28. The van der Waals surface area contributed by atoms with Gasteiger partial charge in [0.05, 0.1) is 18.0 Å². The number of ether oxygens (including phenoxy) is 1. The van der Waals surface area contributed by atoms with Crippen LogP contribution in [-0.2, 0) is 11.2 Å². The Morgan fingerprint density at radius 1 is 1.22 bits per heavy atom. The summed E-state index contributed by atoms with van der Waals surface area (Å²) in [6.07, 6.45) is 2.28. The highest BCUT2D eigenvalue weighted by Gasteiger charge is 2.18. The molecule has 27 heavy (non-hydrogen) atoms. The number of carbonyl (C=O) groups excluding carboxylic acids is 1. The van der Waals surface area contributed by atoms with Gasteiger partial charge in [-0.2, -0.15) is 5.10 Å². The van der Waals surface area contributed by atoms with Gasteiger partial charge >= 0.3 is 5.97 Å². The minimum atomic E-state index is -0.377. The van der Waals surface area contributed by atoms with Gasteiger partial charge in [-0.05, 0) is 43.3 Å². The second-order valence-electron chi connectivity index (χ2n) is 6.01. The molecule has 5 nitrogen and oxygen atoms in total. The van der Waals surface area contributed by atoms with Gasteiger partial charge in [0.15, 0.2) is 0 Å². The molecule has 0 N–H and O–H groups in total. The van der Waals surface area contributed by atoms with Crippen molar-refractivity contribution < 1.29 is 13.9 Å². The average molecular weight is 381 g/mol. The zero-order valence-electron chi connectivity index (χ0n) is 14.6. The first-order valence-electron chi connectivity index (χ1n) is 8.44. The van der Waals surface area contributed by atoms with Crippen molar-refractivity contribution in [1.29, 1.82) is 0 Å². The van der Waals surface area contributed by atoms with Crippen molar-refractivity contribution in [3.63, 3.8) is 0 Å². The predicted molar refractivity (Wildman–Crippen MR) is 102 cm³/mol. The van der Waals surface area contributed by atoms with Crippen LogP contribution in [0.2, 0.25) is 0 Å². The van der Waals surface area contributed by atoms with Gasteiger partial charge in [-0.25, -0.2) is 13.9 Å². The molecule has 7 heteroatoms. The number of aryl methyl sites for hydroxylation is 1. The molecule has 3 aromatic heterocycles. The summed E-state index contributed by atoms with van der Waals surface area (Å²) in [5, 5.41) is 5.33. The van der Waals surface area contributed by atoms with Crippen LogP contribution in [0.1, 0.15) is 21.1 Å². The Morgan fingerprint density at radius 2 is 2.11 bits per heavy atom. The molecule has 0 amide bonds. The van der Waals surface area contributed by atoms with Gasteiger partial charge in [0, 0.05) is 23.7 Å². The minimum Gasteiger partial charge on any atom is -0.461 e. The summed E-state index contributed by atoms with van der Waals surface area (Å²) >= 11 is 1.29. The van der Waals surface area contributed by atoms with Crippen molar-refractivity contribution in [2.24, 2.45) is 0 Å². The molecule has 0 unspecified atom stereocenters. The van der Waals surface area contributed by atoms with Crippen LogP contribution >= 0.6 is 11.3 Å². The van der Waals surface area contributed by atoms with Crippen LogP contribution in [-0.4, -0.2) is 27.3 Å². The van der Waals surface area contributed by atoms with E-state index in [4.69, 9.17) is 4.74 Å². The Balaban J connectivity index is 1.54. The van der Waals surface area contributed by atoms with Crippen molar-refractivity contribution in [2.45, 2.75) is 13.3 Å². The fourth-order valence-corrected chi connectivity index (χ4v) is 3.87. The summed E-state index contributed by atoms with van der Waals surface area (Å²) in [6.45, 7) is 2.13. The number of hydrogen-bond acceptors (Lipinski definition) is 5. The number of halogens is 1. The van der Waals surface area contributed by atoms with E-state index in [9.17, 15) is 9.18 Å². The summed E-state index contributed by atoms with van der Waals surface area (Å²) in [5.74, 6) is -0.711. The number of thiophene rings is 1. The Kier molecular flexibility index (Phi) is 4.68. The van der Waals surface area contributed by atoms with E-state index in [0.29, 0.717) is 17.0 Å². The summed E-state index contributed by atoms with van der Waals surface area (Å²) in [5.41, 5.74) is 2.27. The summed E-state index contributed by atoms with van der Waals surface area (Å²) in [4.78, 5) is 17.9. The molecule has 0 fully saturated rings. The van der Waals surface area contributed by atoms with Gasteiger partial charge in [0.25, 0.3) is 0 Å². The lowest BCUT2D eigenvalue weighted by Gasteiger charge is -2.03. The molecule has 4 rings (SSSR count). The maximum Gasteiger partial charge on any atom is 0.348 e. The van der Waals surface area contributed by atoms with Gasteiger partial charge in [-0.1, -0.05) is 12.1 Å². The first kappa shape index (κ1) is 17.4. The van der Waals surface area contributed by atoms with Crippen molar-refractivity contribution in [3.05, 3.63) is 76.8 Å². The van der Waals surface area contributed by atoms with Gasteiger partial charge in [-0.3, -0.25) is 4.98 Å². The second-order valence-corrected chi connectivity index (χ2v) is 7.04. The van der Waals surface area contributed by atoms with Crippen LogP contribution in [0.15, 0.2) is 54.7 Å². The first-order chi connectivity index (χ1) is 13.1. The van der Waals surface area contributed by atoms with Gasteiger partial charge in [0.2, 0.25) is 0 Å². The summed E-state index contributed by atoms with van der Waals surface area (Å²) in [7, 11) is 0. The van der Waals surface area contributed by atoms with E-state index in [-0.39, 0.29) is 18.4 Å². The molecule has 1 aromatic carbocycles. The van der Waals surface area contributed by atoms with Crippen molar-refractivity contribution in [2.75, 3.05) is 6.61 Å². The third-order valence-corrected chi connectivity index (χ3v) is 5.21. The number of fused-ring (bicyclic) bond motifs is 1. The fourth-order valence-electron chi connectivity index (χ4n) is 2.80. The number of aromatic nitrogens is 3. The first-order valence-corrected chi connectivity index (χ1v) is 9.25. The average Bonchev–Trinajstić information content (AvgIpc) is 3.23. The van der Waals surface area contributed by atoms with Crippen molar-refractivity contribution in [1.82, 2.24) is 14.8 Å². The molecule has 3 heterocycles. The zero-order valence-corrected chi connectivity index (χ0v) is 15.4. The quantitative estimate of drug-likeness (QED) is 0.483. The van der Waals surface area contributed by atoms with E-state index in [0.717, 1.165) is 21.6 Å². The normalized spacial score (nSPS) is 11.0. The minimum absolute atomic E-state index is 0.263. The topological polar surface area (TPSA) is 57.0 Å². The van der Waals surface area contributed by atoms with Crippen molar-refractivity contribution >= 4 is 27.5 Å². The lowest BCUT2D eigenvalue weighted by atomic mass is 10.3. The highest BCUT2D eigenvalue weighted by Crippen LogP contribution is 2.31. The maximum atomic E-state index is 13.6. The van der Waals surface area contributed by atoms with Crippen LogP contribution in [0.4, 0.5) is 4.39 Å². The third kappa shape index (κ3) is 3.59. The smallest absolute Gasteiger partial charge is 0.348 e. The Hall–Kier alpha value is -3.06. The Morgan fingerprint density at radius 3 is 2.89 bits per heavy atom. The van der Waals surface area contributed by atoms with E-state index in [2.05, 4.69) is 10.1 Å². The number of nitrogens with zero attached hydrogens (tertiary/aromatic N) is 3. The van der Waals surface area contributed by atoms with Crippen LogP contribution in [0.25, 0.3) is 15.9 Å². The number of esters is 1. The Bertz CT molecular complexity index is 1110. The molecule has 0 aliphatic rings. The van der Waals surface area contributed by atoms with Crippen LogP contribution in [0.5, 0.6) is 0 Å². The highest BCUT2D eigenvalue weighted by atomic mass is 32.1. The maximum absolute atomic E-state index is 13.6. The SMILES string of the molecule is Cc1nn(-c2cccc(F)c2)c2sc(C(=O)OCCc3ccccn3)cc12. The molecule has 0 radical (unpaired) electrons. The number of hydrogen-bond donors (Lipinski definition) is 0. The van der Waals surface area contributed by atoms with Crippen LogP contribution in [0, 0.1) is 12.7 Å². The molecular formula is C20H16FN3O2S. The van der Waals surface area contributed by atoms with Crippen LogP contribution < -0.4 is 0 Å². The monoisotopic (exact) mass is 381 g/mol. The number of benzene rings is 1. The molecule has 0 spiro atoms. The lowest BCUT2D eigenvalue weighted by molar-refractivity contribution is 0.0514. The molecule has 0 saturated heterocycles. The lowest BCUT2D eigenvalue weighted by Crippen LogP contribution is -2.07. The van der Waals surface area contributed by atoms with Gasteiger partial charge in [-0.15, -0.1) is 11.3 Å². The van der Waals surface area contributed by atoms with E-state index in [1.165, 1.54) is 23.5 Å². The largest absolute Gasteiger partial charge is 0.461 e. The van der Waals surface area contributed by atoms with Crippen LogP contribution in [0.3, 0.4) is 0 Å². The molecule has 0 aliphatic carbocycles. The van der Waals surface area contributed by atoms with Gasteiger partial charge in [0.1, 0.15) is 15.5 Å². The number of carbonyl (C=O) groups is 1. The summed E-state index contributed by atoms with van der Waals surface area (Å²) < 4.78 is 20.6. The predicted octanol–water partition coefficient (Wildman–Crippen LogP) is 4.33. The fraction of sp³-hybridized carbons (Fsp3) is 0.150. The molecular weight excluding hydrogens is 365 g/mol. The molecule has 0 aliphatic heterocycles. The van der Waals surface area contributed by atoms with Gasteiger partial charge < -0.3 is 4.74 Å². The van der Waals surface area contributed by atoms with E-state index >= 15 is 0 Å². The number of pyridine rings is 1. The standard InChI is InChI=1S/C20H16FN3O2S/c1-13-17-12-18(20(25)26-10-8-15-6-2-3-9-22-15)27-19(17)24(23-13)16-7-4-5-14(21)11-16/h2-7,9,11-12H,8,10H2,1H3. The van der Waals surface area contributed by atoms with Crippen molar-refractivity contribution in [3.8, 4) is 5.69 Å². The molecule has 0 bridgehead atoms. The van der Waals surface area contributed by atoms with E-state index in [1.807, 2.05) is 25.1 Å². The Labute approximate surface area is 159 Å². The third-order valence-electron chi connectivity index (χ3n) is 4.12. The highest BCUT2D eigenvalue weighted by molar-refractivity contribution is 7.20. The zero-order chi connectivity index (χ0) is 18.8. The molecule has 136 valence electrons. The van der Waals surface area contributed by atoms with E-state index < -0.39 is 0 Å². The summed E-state index contributed by atoms with van der Waals surface area (Å²) in [6, 6.07) is 13.6. The van der Waals surface area contributed by atoms with E-state index in [1.54, 1.807) is 29.1 Å². The molecule has 4 aromatic rings. The number of rotatable bonds is 5.